The van der Waals surface area contributed by atoms with Gasteiger partial charge in [0.1, 0.15) is 7.05 Å². The van der Waals surface area contributed by atoms with E-state index in [1.54, 1.807) is 0 Å². The van der Waals surface area contributed by atoms with Crippen LogP contribution in [-0.4, -0.2) is 0 Å². The summed E-state index contributed by atoms with van der Waals surface area (Å²) in [7, 11) is 2.08. The average molecular weight is 430 g/mol. The largest absolute Gasteiger partial charge is 0.213 e. The van der Waals surface area contributed by atoms with Gasteiger partial charge in [0.25, 0.3) is 0 Å². The highest BCUT2D eigenvalue weighted by Gasteiger charge is 2.20. The zero-order chi connectivity index (χ0) is 23.9. The highest BCUT2D eigenvalue weighted by molar-refractivity contribution is 5.91. The Labute approximate surface area is 198 Å². The van der Waals surface area contributed by atoms with Crippen LogP contribution in [-0.2, 0) is 7.05 Å². The lowest BCUT2D eigenvalue weighted by Crippen LogP contribution is -2.32. The van der Waals surface area contributed by atoms with Gasteiger partial charge in [0.2, 0.25) is 5.69 Å². The highest BCUT2D eigenvalue weighted by atomic mass is 14.9. The topological polar surface area (TPSA) is 3.88 Å². The predicted octanol–water partition coefficient (Wildman–Crippen LogP) is 8.10. The van der Waals surface area contributed by atoms with Gasteiger partial charge >= 0.3 is 0 Å². The van der Waals surface area contributed by atoms with E-state index in [1.807, 2.05) is 19.9 Å². The minimum atomic E-state index is -0.719. The van der Waals surface area contributed by atoms with Crippen LogP contribution in [0, 0.1) is 6.92 Å². The van der Waals surface area contributed by atoms with Crippen LogP contribution in [0.4, 0.5) is 0 Å². The van der Waals surface area contributed by atoms with Gasteiger partial charge in [-0.3, -0.25) is 0 Å². The molecule has 4 aromatic carbocycles. The molecule has 0 N–H and O–H groups in total. The molecule has 0 aliphatic rings. The summed E-state index contributed by atoms with van der Waals surface area (Å²) in [5.41, 5.74) is 9.35. The Kier molecular flexibility index (Phi) is 5.24. The maximum Gasteiger partial charge on any atom is 0.213 e. The van der Waals surface area contributed by atoms with E-state index < -0.39 is 5.89 Å². The molecule has 1 aromatic heterocycles. The van der Waals surface area contributed by atoms with E-state index >= 15 is 0 Å². The number of pyridine rings is 1. The van der Waals surface area contributed by atoms with Crippen molar-refractivity contribution in [2.45, 2.75) is 26.7 Å². The normalized spacial score (nSPS) is 12.1. The molecule has 5 rings (SSSR count). The zero-order valence-electron chi connectivity index (χ0n) is 20.8. The van der Waals surface area contributed by atoms with Gasteiger partial charge in [0.05, 0.1) is 0 Å². The third-order valence-electron chi connectivity index (χ3n) is 6.49. The van der Waals surface area contributed by atoms with Crippen molar-refractivity contribution in [2.24, 2.45) is 7.05 Å². The molecule has 0 aliphatic heterocycles. The second-order valence-electron chi connectivity index (χ2n) is 9.05. The lowest BCUT2D eigenvalue weighted by Gasteiger charge is -2.15. The molecule has 0 saturated heterocycles. The second kappa shape index (κ2) is 8.67. The first kappa shape index (κ1) is 19.9. The monoisotopic (exact) mass is 429 g/mol. The summed E-state index contributed by atoms with van der Waals surface area (Å²) in [5, 5.41) is 2.42. The molecule has 0 atom stereocenters. The SMILES string of the molecule is [2H]C(C)(C)c1c[n+](C)c(-c2ccccc2C)cc1-c1ccc2cc(-c3ccccc3)ccc2c1. The molecule has 0 spiro atoms. The van der Waals surface area contributed by atoms with Crippen molar-refractivity contribution in [3.8, 4) is 33.5 Å². The summed E-state index contributed by atoms with van der Waals surface area (Å²) in [4.78, 5) is 0. The molecule has 0 amide bonds. The number of hydrogen-bond acceptors (Lipinski definition) is 0. The van der Waals surface area contributed by atoms with Crippen LogP contribution in [0.1, 0.15) is 32.2 Å². The van der Waals surface area contributed by atoms with Crippen molar-refractivity contribution >= 4 is 10.8 Å². The van der Waals surface area contributed by atoms with Crippen LogP contribution in [0.3, 0.4) is 0 Å². The van der Waals surface area contributed by atoms with E-state index in [4.69, 9.17) is 1.37 Å². The Hall–Kier alpha value is -3.71. The molecular formula is C32H30N+. The third kappa shape index (κ3) is 4.07. The van der Waals surface area contributed by atoms with Crippen LogP contribution in [0.2, 0.25) is 0 Å². The summed E-state index contributed by atoms with van der Waals surface area (Å²) in [6.07, 6.45) is 2.13. The number of hydrogen-bond donors (Lipinski definition) is 0. The van der Waals surface area contributed by atoms with Gasteiger partial charge in [0, 0.05) is 18.6 Å². The Balaban J connectivity index is 1.67. The zero-order valence-corrected chi connectivity index (χ0v) is 19.8. The highest BCUT2D eigenvalue weighted by Crippen LogP contribution is 2.34. The molecule has 0 saturated carbocycles. The second-order valence-corrected chi connectivity index (χ2v) is 9.05. The van der Waals surface area contributed by atoms with E-state index in [2.05, 4.69) is 116 Å². The first-order valence-electron chi connectivity index (χ1n) is 12.0. The number of benzene rings is 4. The van der Waals surface area contributed by atoms with Crippen LogP contribution < -0.4 is 4.57 Å². The molecule has 1 heteroatoms. The van der Waals surface area contributed by atoms with E-state index in [-0.39, 0.29) is 0 Å². The Bertz CT molecular complexity index is 1490. The van der Waals surface area contributed by atoms with Crippen molar-refractivity contribution in [3.05, 3.63) is 114 Å². The summed E-state index contributed by atoms with van der Waals surface area (Å²) < 4.78 is 11.0. The molecule has 0 aliphatic carbocycles. The molecule has 0 bridgehead atoms. The van der Waals surface area contributed by atoms with Gasteiger partial charge in [-0.2, -0.15) is 0 Å². The molecule has 5 aromatic rings. The number of fused-ring (bicyclic) bond motifs is 1. The fraction of sp³-hybridized carbons (Fsp3) is 0.156. The molecule has 33 heavy (non-hydrogen) atoms. The van der Waals surface area contributed by atoms with Gasteiger partial charge < -0.3 is 0 Å². The van der Waals surface area contributed by atoms with Crippen molar-refractivity contribution in [3.63, 3.8) is 0 Å². The van der Waals surface area contributed by atoms with Crippen molar-refractivity contribution in [1.29, 1.82) is 0 Å². The minimum Gasteiger partial charge on any atom is -0.201 e. The summed E-state index contributed by atoms with van der Waals surface area (Å²) in [6.45, 7) is 6.08. The Morgan fingerprint density at radius 1 is 0.667 bits per heavy atom. The fourth-order valence-electron chi connectivity index (χ4n) is 4.64. The van der Waals surface area contributed by atoms with Crippen molar-refractivity contribution in [2.75, 3.05) is 0 Å². The summed E-state index contributed by atoms with van der Waals surface area (Å²) in [6, 6.07) is 34.6. The Morgan fingerprint density at radius 3 is 2.00 bits per heavy atom. The molecule has 1 nitrogen and oxygen atoms in total. The molecule has 162 valence electrons. The van der Waals surface area contributed by atoms with Gasteiger partial charge in [0.15, 0.2) is 6.20 Å². The van der Waals surface area contributed by atoms with Gasteiger partial charge in [-0.1, -0.05) is 86.6 Å². The molecule has 0 unspecified atom stereocenters. The fourth-order valence-corrected chi connectivity index (χ4v) is 4.64. The van der Waals surface area contributed by atoms with Crippen LogP contribution in [0.5, 0.6) is 0 Å². The standard InChI is InChI=1S/C32H30N/c1-22(2)31-21-33(4)32(29-13-9-8-10-23(29)3)20-30(31)28-17-16-26-18-25(14-15-27(26)19-28)24-11-6-5-7-12-24/h5-22H,1-4H3/q+1/i22D. The number of aromatic nitrogens is 1. The quantitative estimate of drug-likeness (QED) is 0.254. The first-order chi connectivity index (χ1) is 16.3. The smallest absolute Gasteiger partial charge is 0.201 e. The molecule has 0 fully saturated rings. The number of nitrogens with zero attached hydrogens (tertiary/aromatic N) is 1. The third-order valence-corrected chi connectivity index (χ3v) is 6.49. The van der Waals surface area contributed by atoms with Gasteiger partial charge in [-0.05, 0) is 69.6 Å². The van der Waals surface area contributed by atoms with Crippen molar-refractivity contribution in [1.82, 2.24) is 0 Å². The summed E-state index contributed by atoms with van der Waals surface area (Å²) in [5.74, 6) is -0.719. The van der Waals surface area contributed by atoms with E-state index in [0.717, 1.165) is 22.4 Å². The maximum atomic E-state index is 8.85. The Morgan fingerprint density at radius 2 is 1.30 bits per heavy atom. The van der Waals surface area contributed by atoms with Gasteiger partial charge in [-0.15, -0.1) is 0 Å². The predicted molar refractivity (Wildman–Crippen MR) is 140 cm³/mol. The van der Waals surface area contributed by atoms with E-state index in [0.29, 0.717) is 0 Å². The first-order valence-corrected chi connectivity index (χ1v) is 11.5. The lowest BCUT2D eigenvalue weighted by atomic mass is 9.90. The van der Waals surface area contributed by atoms with E-state index in [9.17, 15) is 0 Å². The minimum absolute atomic E-state index is 0.719. The van der Waals surface area contributed by atoms with Crippen LogP contribution in [0.15, 0.2) is 103 Å². The van der Waals surface area contributed by atoms with Crippen molar-refractivity contribution < 1.29 is 5.94 Å². The lowest BCUT2D eigenvalue weighted by molar-refractivity contribution is -0.660. The molecule has 0 radical (unpaired) electrons. The number of aryl methyl sites for hydroxylation is 2. The van der Waals surface area contributed by atoms with E-state index in [1.165, 1.54) is 33.0 Å². The van der Waals surface area contributed by atoms with Gasteiger partial charge in [-0.25, -0.2) is 4.57 Å². The maximum absolute atomic E-state index is 8.85. The van der Waals surface area contributed by atoms with Crippen LogP contribution in [0.25, 0.3) is 44.3 Å². The average Bonchev–Trinajstić information content (AvgIpc) is 2.84. The molecular weight excluding hydrogens is 398 g/mol. The molecule has 1 heterocycles. The van der Waals surface area contributed by atoms with Crippen LogP contribution >= 0.6 is 0 Å². The summed E-state index contributed by atoms with van der Waals surface area (Å²) >= 11 is 0. The number of rotatable bonds is 4.